The molecule has 0 unspecified atom stereocenters. The second-order valence-corrected chi connectivity index (χ2v) is 10.1. The summed E-state index contributed by atoms with van der Waals surface area (Å²) in [4.78, 5) is 0. The molecule has 0 bridgehead atoms. The number of hydrogen-bond acceptors (Lipinski definition) is 1. The molecule has 1 fully saturated rings. The van der Waals surface area contributed by atoms with Gasteiger partial charge >= 0.3 is 0 Å². The Hall–Kier alpha value is 0.104. The monoisotopic (exact) mass is 127 g/mol. The third kappa shape index (κ3) is 1.01. The summed E-state index contributed by atoms with van der Waals surface area (Å²) < 4.78 is 0. The Morgan fingerprint density at radius 2 is 2.00 bits per heavy atom. The summed E-state index contributed by atoms with van der Waals surface area (Å²) >= 11 is 0. The van der Waals surface area contributed by atoms with Gasteiger partial charge in [0.25, 0.3) is 0 Å². The summed E-state index contributed by atoms with van der Waals surface area (Å²) in [5.41, 5.74) is 1.32. The highest BCUT2D eigenvalue weighted by Crippen LogP contribution is 2.04. The van der Waals surface area contributed by atoms with Gasteiger partial charge in [0, 0.05) is 7.93 Å². The fraction of sp³-hybridized carbons (Fsp3) is 0.750. The zero-order valence-electron chi connectivity index (χ0n) is 4.71. The lowest BCUT2D eigenvalue weighted by Gasteiger charge is -1.75. The van der Waals surface area contributed by atoms with E-state index in [-0.39, 0.29) is 7.93 Å². The highest BCUT2D eigenvalue weighted by molar-refractivity contribution is 7.36. The van der Waals surface area contributed by atoms with Gasteiger partial charge in [-0.2, -0.15) is 0 Å². The van der Waals surface area contributed by atoms with Crippen molar-refractivity contribution in [3.63, 3.8) is 0 Å². The third-order valence-corrected chi connectivity index (χ3v) is 8.65. The summed E-state index contributed by atoms with van der Waals surface area (Å²) in [6.07, 6.45) is 0. The van der Waals surface area contributed by atoms with Gasteiger partial charge in [0.05, 0.1) is 0 Å². The topological polar surface area (TPSA) is 23.9 Å². The third-order valence-electron chi connectivity index (χ3n) is 1.20. The predicted molar refractivity (Wildman–Crippen MR) is 35.4 cm³/mol. The Morgan fingerprint density at radius 3 is 2.00 bits per heavy atom. The Bertz CT molecular complexity index is 144. The van der Waals surface area contributed by atoms with Gasteiger partial charge in [-0.05, 0) is 19.5 Å². The van der Waals surface area contributed by atoms with Gasteiger partial charge in [-0.25, -0.2) is 0 Å². The van der Waals surface area contributed by atoms with E-state index in [1.807, 2.05) is 0 Å². The number of rotatable bonds is 0. The maximum atomic E-state index is 7.31. The van der Waals surface area contributed by atoms with Gasteiger partial charge in [0.2, 0.25) is 0 Å². The van der Waals surface area contributed by atoms with Crippen LogP contribution < -0.4 is 0 Å². The van der Waals surface area contributed by atoms with Crippen LogP contribution >= 0.6 is 0 Å². The molecule has 0 saturated carbocycles. The van der Waals surface area contributed by atoms with Crippen molar-refractivity contribution in [1.82, 2.24) is 0 Å². The highest BCUT2D eigenvalue weighted by atomic mass is 29.2. The summed E-state index contributed by atoms with van der Waals surface area (Å²) in [5, 5.41) is 8.89. The van der Waals surface area contributed by atoms with E-state index < -0.39 is 8.11 Å². The first-order valence-corrected chi connectivity index (χ1v) is 6.87. The van der Waals surface area contributed by atoms with Crippen LogP contribution in [0, 0.1) is 5.05 Å². The molecule has 0 atom stereocenters. The SMILES string of the molecule is CC(C)=[Si]1C[Si]1=N. The van der Waals surface area contributed by atoms with Gasteiger partial charge in [0.15, 0.2) is 0 Å². The molecule has 0 amide bonds. The molecule has 7 heavy (non-hydrogen) atoms. The molecule has 0 aliphatic carbocycles. The van der Waals surface area contributed by atoms with Crippen LogP contribution in [-0.4, -0.2) is 21.2 Å². The molecule has 0 aromatic heterocycles. The summed E-state index contributed by atoms with van der Waals surface area (Å²) in [6, 6.07) is 0. The van der Waals surface area contributed by atoms with Crippen LogP contribution in [0.1, 0.15) is 13.8 Å². The quantitative estimate of drug-likeness (QED) is 0.464. The van der Waals surface area contributed by atoms with E-state index in [0.29, 0.717) is 0 Å². The lowest BCUT2D eigenvalue weighted by atomic mass is 10.6. The van der Waals surface area contributed by atoms with Crippen LogP contribution in [0.2, 0.25) is 5.67 Å². The Balaban J connectivity index is 2.78. The maximum Gasteiger partial charge on any atom is 0.122 e. The van der Waals surface area contributed by atoms with E-state index in [1.165, 1.54) is 5.67 Å². The first kappa shape index (κ1) is 5.24. The molecule has 0 radical (unpaired) electrons. The standard InChI is InChI=1S/C4H9NSi2/c1-4(2)6-3-7(6)5/h5H,3H2,1-2H3. The second kappa shape index (κ2) is 1.56. The first-order valence-electron chi connectivity index (χ1n) is 2.46. The summed E-state index contributed by atoms with van der Waals surface area (Å²) in [6.45, 7) is 4.36. The van der Waals surface area contributed by atoms with Crippen molar-refractivity contribution >= 4 is 21.2 Å². The fourth-order valence-electron chi connectivity index (χ4n) is 0.611. The molecule has 1 N–H and O–H groups in total. The summed E-state index contributed by atoms with van der Waals surface area (Å²) in [5.74, 6) is 0. The van der Waals surface area contributed by atoms with Gasteiger partial charge in [-0.15, -0.1) is 0 Å². The van der Waals surface area contributed by atoms with Crippen LogP contribution in [0.25, 0.3) is 0 Å². The van der Waals surface area contributed by atoms with Crippen molar-refractivity contribution in [2.75, 3.05) is 0 Å². The van der Waals surface area contributed by atoms with E-state index in [4.69, 9.17) is 5.05 Å². The predicted octanol–water partition coefficient (Wildman–Crippen LogP) is 0.745. The Morgan fingerprint density at radius 1 is 1.57 bits per heavy atom. The minimum Gasteiger partial charge on any atom is -0.352 e. The van der Waals surface area contributed by atoms with Crippen molar-refractivity contribution in [1.29, 1.82) is 5.05 Å². The molecule has 1 saturated heterocycles. The van der Waals surface area contributed by atoms with Crippen LogP contribution in [0.15, 0.2) is 0 Å². The molecule has 3 heteroatoms. The zero-order valence-corrected chi connectivity index (χ0v) is 6.71. The normalized spacial score (nSPS) is 17.4. The van der Waals surface area contributed by atoms with E-state index in [2.05, 4.69) is 13.8 Å². The molecule has 1 heterocycles. The van der Waals surface area contributed by atoms with Gasteiger partial charge < -0.3 is 5.05 Å². The fourth-order valence-corrected chi connectivity index (χ4v) is 7.09. The van der Waals surface area contributed by atoms with Gasteiger partial charge in [-0.1, -0.05) is 5.17 Å². The van der Waals surface area contributed by atoms with Gasteiger partial charge in [0.1, 0.15) is 8.11 Å². The molecule has 0 spiro atoms. The molecule has 0 aromatic rings. The smallest absolute Gasteiger partial charge is 0.122 e. The average molecular weight is 127 g/mol. The van der Waals surface area contributed by atoms with Crippen LogP contribution in [0.3, 0.4) is 0 Å². The van der Waals surface area contributed by atoms with E-state index in [1.54, 1.807) is 5.17 Å². The van der Waals surface area contributed by atoms with Crippen LogP contribution in [-0.2, 0) is 0 Å². The van der Waals surface area contributed by atoms with Crippen LogP contribution in [0.4, 0.5) is 0 Å². The average Bonchev–Trinajstić information content (AvgIpc) is 2.17. The molecular formula is C4H9NSi2. The minimum atomic E-state index is -0.453. The van der Waals surface area contributed by atoms with Crippen molar-refractivity contribution in [2.45, 2.75) is 19.5 Å². The lowest BCUT2D eigenvalue weighted by Crippen LogP contribution is -1.92. The maximum absolute atomic E-state index is 7.31. The lowest BCUT2D eigenvalue weighted by molar-refractivity contribution is 1.60. The van der Waals surface area contributed by atoms with Crippen molar-refractivity contribution < 1.29 is 0 Å². The summed E-state index contributed by atoms with van der Waals surface area (Å²) in [7, 11) is -0.547. The molecular weight excluding hydrogens is 118 g/mol. The minimum absolute atomic E-state index is 0.0941. The Labute approximate surface area is 46.5 Å². The number of nitrogens with one attached hydrogen (secondary N) is 1. The molecule has 1 aliphatic heterocycles. The first-order chi connectivity index (χ1) is 3.22. The largest absolute Gasteiger partial charge is 0.352 e. The zero-order chi connectivity index (χ0) is 5.44. The van der Waals surface area contributed by atoms with Crippen molar-refractivity contribution in [3.8, 4) is 0 Å². The molecule has 38 valence electrons. The highest BCUT2D eigenvalue weighted by Gasteiger charge is 2.24. The number of hydrogen-bond donors (Lipinski definition) is 1. The van der Waals surface area contributed by atoms with Gasteiger partial charge in [-0.3, -0.25) is 0 Å². The van der Waals surface area contributed by atoms with Crippen LogP contribution in [0.5, 0.6) is 0 Å². The molecule has 0 aromatic carbocycles. The Kier molecular flexibility index (Phi) is 1.17. The van der Waals surface area contributed by atoms with E-state index >= 15 is 0 Å². The van der Waals surface area contributed by atoms with Crippen molar-refractivity contribution in [2.24, 2.45) is 0 Å². The van der Waals surface area contributed by atoms with E-state index in [0.717, 1.165) is 0 Å². The molecule has 1 rings (SSSR count). The van der Waals surface area contributed by atoms with E-state index in [9.17, 15) is 0 Å². The second-order valence-electron chi connectivity index (χ2n) is 2.13. The molecule has 1 aliphatic rings. The molecule has 1 nitrogen and oxygen atoms in total. The van der Waals surface area contributed by atoms with Crippen molar-refractivity contribution in [3.05, 3.63) is 0 Å².